The Bertz CT molecular complexity index is 1120. The van der Waals surface area contributed by atoms with Crippen molar-refractivity contribution in [3.05, 3.63) is 69.9 Å². The van der Waals surface area contributed by atoms with Crippen molar-refractivity contribution in [2.75, 3.05) is 37.8 Å². The summed E-state index contributed by atoms with van der Waals surface area (Å²) >= 11 is 0. The minimum absolute atomic E-state index is 0.105. The number of fused-ring (bicyclic) bond motifs is 1. The van der Waals surface area contributed by atoms with Crippen molar-refractivity contribution in [2.24, 2.45) is 0 Å². The first kappa shape index (κ1) is 20.9. The van der Waals surface area contributed by atoms with Gasteiger partial charge in [-0.2, -0.15) is 0 Å². The molecule has 2 heterocycles. The van der Waals surface area contributed by atoms with Gasteiger partial charge in [-0.1, -0.05) is 30.3 Å². The normalized spacial score (nSPS) is 15.0. The van der Waals surface area contributed by atoms with Gasteiger partial charge in [0.25, 0.3) is 5.91 Å². The van der Waals surface area contributed by atoms with Crippen molar-refractivity contribution < 1.29 is 18.7 Å². The number of carbonyl (C=O) groups is 1. The molecular formula is C24H26N2O5. The Morgan fingerprint density at radius 2 is 1.90 bits per heavy atom. The molecule has 1 aliphatic heterocycles. The number of carbonyl (C=O) groups excluding carboxylic acids is 1. The number of anilines is 1. The van der Waals surface area contributed by atoms with Crippen LogP contribution in [0.4, 0.5) is 5.88 Å². The fourth-order valence-corrected chi connectivity index (χ4v) is 3.67. The van der Waals surface area contributed by atoms with Gasteiger partial charge in [0, 0.05) is 24.7 Å². The van der Waals surface area contributed by atoms with Crippen LogP contribution in [0, 0.1) is 6.92 Å². The maximum Gasteiger partial charge on any atom is 0.258 e. The third-order valence-corrected chi connectivity index (χ3v) is 5.44. The van der Waals surface area contributed by atoms with Crippen LogP contribution in [-0.2, 0) is 9.53 Å². The second-order valence-electron chi connectivity index (χ2n) is 7.60. The van der Waals surface area contributed by atoms with Gasteiger partial charge in [-0.15, -0.1) is 0 Å². The maximum absolute atomic E-state index is 12.6. The average Bonchev–Trinajstić information content (AvgIpc) is 2.80. The molecule has 1 aromatic heterocycles. The minimum atomic E-state index is -0.223. The summed E-state index contributed by atoms with van der Waals surface area (Å²) in [4.78, 5) is 27.0. The van der Waals surface area contributed by atoms with Crippen LogP contribution < -0.4 is 20.4 Å². The highest BCUT2D eigenvalue weighted by atomic mass is 16.5. The minimum Gasteiger partial charge on any atom is -0.483 e. The second kappa shape index (κ2) is 9.22. The van der Waals surface area contributed by atoms with E-state index in [0.717, 1.165) is 5.56 Å². The van der Waals surface area contributed by atoms with Crippen LogP contribution in [0.25, 0.3) is 11.0 Å². The molecule has 7 heteroatoms. The van der Waals surface area contributed by atoms with Gasteiger partial charge in [0.2, 0.25) is 0 Å². The molecule has 3 aromatic rings. The predicted molar refractivity (Wildman–Crippen MR) is 119 cm³/mol. The van der Waals surface area contributed by atoms with Crippen molar-refractivity contribution in [3.8, 4) is 5.75 Å². The third-order valence-electron chi connectivity index (χ3n) is 5.44. The van der Waals surface area contributed by atoms with Crippen molar-refractivity contribution >= 4 is 22.8 Å². The zero-order valence-electron chi connectivity index (χ0n) is 17.7. The summed E-state index contributed by atoms with van der Waals surface area (Å²) in [7, 11) is 0. The number of amides is 1. The highest BCUT2D eigenvalue weighted by Crippen LogP contribution is 2.29. The molecule has 0 aliphatic carbocycles. The van der Waals surface area contributed by atoms with Crippen LogP contribution in [0.3, 0.4) is 0 Å². The van der Waals surface area contributed by atoms with Gasteiger partial charge in [0.05, 0.1) is 24.6 Å². The molecule has 0 spiro atoms. The van der Waals surface area contributed by atoms with Gasteiger partial charge in [0.15, 0.2) is 17.9 Å². The molecule has 1 atom stereocenters. The van der Waals surface area contributed by atoms with Crippen LogP contribution in [0.5, 0.6) is 5.75 Å². The van der Waals surface area contributed by atoms with Crippen LogP contribution in [-0.4, -0.2) is 38.8 Å². The summed E-state index contributed by atoms with van der Waals surface area (Å²) in [5.74, 6) is 0.812. The van der Waals surface area contributed by atoms with Gasteiger partial charge in [-0.05, 0) is 31.5 Å². The largest absolute Gasteiger partial charge is 0.483 e. The fourth-order valence-electron chi connectivity index (χ4n) is 3.67. The molecule has 1 N–H and O–H groups in total. The molecule has 1 fully saturated rings. The lowest BCUT2D eigenvalue weighted by Crippen LogP contribution is -2.36. The van der Waals surface area contributed by atoms with Gasteiger partial charge in [-0.3, -0.25) is 9.59 Å². The standard InChI is InChI=1S/C24H26N2O5/c1-16-21(30-15-22(28)25-17(2)18-6-4-3-5-7-18)9-8-19-20(27)14-23(31-24(16)19)26-10-12-29-13-11-26/h3-9,14,17H,10-13,15H2,1-2H3,(H,25,28). The molecule has 0 radical (unpaired) electrons. The number of ether oxygens (including phenoxy) is 2. The molecule has 2 aromatic carbocycles. The summed E-state index contributed by atoms with van der Waals surface area (Å²) in [5, 5.41) is 3.42. The number of hydrogen-bond acceptors (Lipinski definition) is 6. The Morgan fingerprint density at radius 3 is 2.65 bits per heavy atom. The van der Waals surface area contributed by atoms with Gasteiger partial charge in [-0.25, -0.2) is 0 Å². The highest BCUT2D eigenvalue weighted by molar-refractivity contribution is 5.83. The topological polar surface area (TPSA) is 81.0 Å². The van der Waals surface area contributed by atoms with E-state index in [0.29, 0.717) is 54.5 Å². The van der Waals surface area contributed by atoms with E-state index in [2.05, 4.69) is 5.32 Å². The lowest BCUT2D eigenvalue weighted by molar-refractivity contribution is -0.123. The number of aryl methyl sites for hydroxylation is 1. The predicted octanol–water partition coefficient (Wildman–Crippen LogP) is 3.19. The summed E-state index contributed by atoms with van der Waals surface area (Å²) < 4.78 is 17.2. The van der Waals surface area contributed by atoms with Crippen LogP contribution in [0.2, 0.25) is 0 Å². The van der Waals surface area contributed by atoms with Gasteiger partial charge >= 0.3 is 0 Å². The van der Waals surface area contributed by atoms with Crippen molar-refractivity contribution in [1.82, 2.24) is 5.32 Å². The molecular weight excluding hydrogens is 396 g/mol. The van der Waals surface area contributed by atoms with E-state index >= 15 is 0 Å². The van der Waals surface area contributed by atoms with E-state index in [1.807, 2.05) is 49.1 Å². The second-order valence-corrected chi connectivity index (χ2v) is 7.60. The van der Waals surface area contributed by atoms with E-state index in [1.165, 1.54) is 6.07 Å². The molecule has 1 amide bonds. The highest BCUT2D eigenvalue weighted by Gasteiger charge is 2.18. The zero-order valence-corrected chi connectivity index (χ0v) is 17.7. The number of rotatable bonds is 6. The van der Waals surface area contributed by atoms with Gasteiger partial charge < -0.3 is 24.1 Å². The smallest absolute Gasteiger partial charge is 0.258 e. The Balaban J connectivity index is 1.49. The molecule has 1 aliphatic rings. The first-order valence-corrected chi connectivity index (χ1v) is 10.4. The number of benzene rings is 2. The molecule has 0 bridgehead atoms. The van der Waals surface area contributed by atoms with Gasteiger partial charge in [0.1, 0.15) is 11.3 Å². The monoisotopic (exact) mass is 422 g/mol. The summed E-state index contributed by atoms with van der Waals surface area (Å²) in [6.07, 6.45) is 0. The van der Waals surface area contributed by atoms with Crippen LogP contribution >= 0.6 is 0 Å². The summed E-state index contributed by atoms with van der Waals surface area (Å²) in [5.41, 5.74) is 2.08. The molecule has 0 saturated carbocycles. The lowest BCUT2D eigenvalue weighted by atomic mass is 10.1. The van der Waals surface area contributed by atoms with Crippen molar-refractivity contribution in [3.63, 3.8) is 0 Å². The molecule has 7 nitrogen and oxygen atoms in total. The average molecular weight is 422 g/mol. The zero-order chi connectivity index (χ0) is 21.8. The maximum atomic E-state index is 12.6. The van der Waals surface area contributed by atoms with Crippen LogP contribution in [0.15, 0.2) is 57.7 Å². The Labute approximate surface area is 180 Å². The van der Waals surface area contributed by atoms with E-state index < -0.39 is 0 Å². The number of nitrogens with one attached hydrogen (secondary N) is 1. The SMILES string of the molecule is Cc1c(OCC(=O)NC(C)c2ccccc2)ccc2c(=O)cc(N3CCOCC3)oc12. The molecule has 162 valence electrons. The van der Waals surface area contributed by atoms with Crippen molar-refractivity contribution in [1.29, 1.82) is 0 Å². The van der Waals surface area contributed by atoms with E-state index in [4.69, 9.17) is 13.9 Å². The Hall–Kier alpha value is -3.32. The summed E-state index contributed by atoms with van der Waals surface area (Å²) in [6, 6.07) is 14.5. The van der Waals surface area contributed by atoms with E-state index in [-0.39, 0.29) is 24.0 Å². The third kappa shape index (κ3) is 4.72. The molecule has 1 unspecified atom stereocenters. The summed E-state index contributed by atoms with van der Waals surface area (Å²) in [6.45, 7) is 6.16. The van der Waals surface area contributed by atoms with Crippen LogP contribution in [0.1, 0.15) is 24.1 Å². The Kier molecular flexibility index (Phi) is 6.23. The Morgan fingerprint density at radius 1 is 1.16 bits per heavy atom. The molecule has 4 rings (SSSR count). The quantitative estimate of drug-likeness (QED) is 0.657. The number of hydrogen-bond donors (Lipinski definition) is 1. The number of morpholine rings is 1. The molecule has 1 saturated heterocycles. The van der Waals surface area contributed by atoms with Crippen molar-refractivity contribution in [2.45, 2.75) is 19.9 Å². The number of nitrogens with zero attached hydrogens (tertiary/aromatic N) is 1. The fraction of sp³-hybridized carbons (Fsp3) is 0.333. The first-order valence-electron chi connectivity index (χ1n) is 10.4. The van der Waals surface area contributed by atoms with E-state index in [1.54, 1.807) is 12.1 Å². The van der Waals surface area contributed by atoms with E-state index in [9.17, 15) is 9.59 Å². The lowest BCUT2D eigenvalue weighted by Gasteiger charge is -2.27. The first-order chi connectivity index (χ1) is 15.0. The molecule has 31 heavy (non-hydrogen) atoms.